The molecule has 0 N–H and O–H groups in total. The van der Waals surface area contributed by atoms with Crippen LogP contribution in [0.5, 0.6) is 0 Å². The van der Waals surface area contributed by atoms with Gasteiger partial charge in [-0.15, -0.1) is 0 Å². The highest BCUT2D eigenvalue weighted by atomic mass is 79.9. The van der Waals surface area contributed by atoms with Gasteiger partial charge >= 0.3 is 5.97 Å². The molecular formula is C10H9Br3O2. The molecule has 1 rings (SSSR count). The molecule has 0 radical (unpaired) electrons. The Bertz CT molecular complexity index is 377. The van der Waals surface area contributed by atoms with Gasteiger partial charge in [0.05, 0.1) is 12.2 Å². The number of ether oxygens (including phenoxy) is 1. The fraction of sp³-hybridized carbons (Fsp3) is 0.300. The van der Waals surface area contributed by atoms with Gasteiger partial charge in [-0.2, -0.15) is 0 Å². The molecule has 0 amide bonds. The fourth-order valence-electron chi connectivity index (χ4n) is 1.13. The summed E-state index contributed by atoms with van der Waals surface area (Å²) in [5, 5.41) is 0.606. The van der Waals surface area contributed by atoms with E-state index in [-0.39, 0.29) is 5.97 Å². The molecular weight excluding hydrogens is 392 g/mol. The number of hydrogen-bond acceptors (Lipinski definition) is 2. The molecule has 0 bridgehead atoms. The molecule has 0 spiro atoms. The third kappa shape index (κ3) is 3.29. The molecule has 0 saturated carbocycles. The van der Waals surface area contributed by atoms with Gasteiger partial charge in [0.25, 0.3) is 0 Å². The summed E-state index contributed by atoms with van der Waals surface area (Å²) in [5.41, 5.74) is 1.48. The van der Waals surface area contributed by atoms with Crippen LogP contribution in [0.25, 0.3) is 0 Å². The van der Waals surface area contributed by atoms with Crippen LogP contribution >= 0.6 is 47.8 Å². The van der Waals surface area contributed by atoms with Gasteiger partial charge in [0, 0.05) is 14.3 Å². The summed E-state index contributed by atoms with van der Waals surface area (Å²) < 4.78 is 6.71. The van der Waals surface area contributed by atoms with E-state index < -0.39 is 0 Å². The molecule has 0 saturated heterocycles. The van der Waals surface area contributed by atoms with E-state index in [9.17, 15) is 4.79 Å². The first-order valence-corrected chi connectivity index (χ1v) is 7.01. The standard InChI is InChI=1S/C10H9Br3O2/c1-2-15-10(14)7-3-6(12)4-9(13)8(7)5-11/h3-4H,2,5H2,1H3. The van der Waals surface area contributed by atoms with Crippen LogP contribution in [0.4, 0.5) is 0 Å². The maximum absolute atomic E-state index is 11.6. The minimum atomic E-state index is -0.297. The Morgan fingerprint density at radius 2 is 2.07 bits per heavy atom. The van der Waals surface area contributed by atoms with Gasteiger partial charge in [0.1, 0.15) is 0 Å². The van der Waals surface area contributed by atoms with Crippen LogP contribution in [0, 0.1) is 0 Å². The number of esters is 1. The fourth-order valence-corrected chi connectivity index (χ4v) is 3.48. The van der Waals surface area contributed by atoms with Crippen molar-refractivity contribution < 1.29 is 9.53 Å². The van der Waals surface area contributed by atoms with Crippen molar-refractivity contribution in [1.29, 1.82) is 0 Å². The molecule has 82 valence electrons. The summed E-state index contributed by atoms with van der Waals surface area (Å²) >= 11 is 10.1. The van der Waals surface area contributed by atoms with Gasteiger partial charge in [0.15, 0.2) is 0 Å². The molecule has 0 aliphatic carbocycles. The number of hydrogen-bond donors (Lipinski definition) is 0. The van der Waals surface area contributed by atoms with Crippen molar-refractivity contribution in [2.24, 2.45) is 0 Å². The zero-order chi connectivity index (χ0) is 11.4. The lowest BCUT2D eigenvalue weighted by Gasteiger charge is -2.09. The minimum Gasteiger partial charge on any atom is -0.462 e. The molecule has 0 atom stereocenters. The van der Waals surface area contributed by atoms with E-state index in [1.54, 1.807) is 13.0 Å². The Labute approximate surface area is 114 Å². The van der Waals surface area contributed by atoms with E-state index in [2.05, 4.69) is 47.8 Å². The van der Waals surface area contributed by atoms with Crippen LogP contribution in [0.2, 0.25) is 0 Å². The van der Waals surface area contributed by atoms with Crippen LogP contribution in [0.15, 0.2) is 21.1 Å². The van der Waals surface area contributed by atoms with Gasteiger partial charge in [-0.25, -0.2) is 4.79 Å². The van der Waals surface area contributed by atoms with Crippen LogP contribution in [-0.2, 0) is 10.1 Å². The number of carbonyl (C=O) groups is 1. The van der Waals surface area contributed by atoms with Crippen molar-refractivity contribution in [2.75, 3.05) is 6.61 Å². The van der Waals surface area contributed by atoms with Crippen molar-refractivity contribution in [3.05, 3.63) is 32.2 Å². The quantitative estimate of drug-likeness (QED) is 0.559. The third-order valence-corrected chi connectivity index (χ3v) is 3.52. The zero-order valence-corrected chi connectivity index (χ0v) is 12.8. The lowest BCUT2D eigenvalue weighted by atomic mass is 10.1. The van der Waals surface area contributed by atoms with Crippen molar-refractivity contribution in [2.45, 2.75) is 12.3 Å². The first-order chi connectivity index (χ1) is 7.10. The van der Waals surface area contributed by atoms with E-state index in [0.717, 1.165) is 14.5 Å². The van der Waals surface area contributed by atoms with Gasteiger partial charge in [0.2, 0.25) is 0 Å². The Kier molecular flexibility index (Phi) is 5.29. The predicted molar refractivity (Wildman–Crippen MR) is 70.4 cm³/mol. The van der Waals surface area contributed by atoms with Crippen molar-refractivity contribution in [3.8, 4) is 0 Å². The average Bonchev–Trinajstić information content (AvgIpc) is 2.17. The van der Waals surface area contributed by atoms with Crippen LogP contribution in [0.3, 0.4) is 0 Å². The molecule has 0 aromatic heterocycles. The molecule has 0 aliphatic heterocycles. The molecule has 5 heteroatoms. The Hall–Kier alpha value is 0.130. The van der Waals surface area contributed by atoms with Crippen LogP contribution in [0.1, 0.15) is 22.8 Å². The summed E-state index contributed by atoms with van der Waals surface area (Å²) in [6, 6.07) is 3.67. The Morgan fingerprint density at radius 3 is 2.60 bits per heavy atom. The molecule has 0 fully saturated rings. The van der Waals surface area contributed by atoms with Gasteiger partial charge in [-0.05, 0) is 24.6 Å². The normalized spacial score (nSPS) is 10.1. The summed E-state index contributed by atoms with van der Waals surface area (Å²) in [5.74, 6) is -0.297. The summed E-state index contributed by atoms with van der Waals surface area (Å²) in [6.07, 6.45) is 0. The summed E-state index contributed by atoms with van der Waals surface area (Å²) in [7, 11) is 0. The number of carbonyl (C=O) groups excluding carboxylic acids is 1. The lowest BCUT2D eigenvalue weighted by molar-refractivity contribution is 0.0525. The Morgan fingerprint density at radius 1 is 1.40 bits per heavy atom. The van der Waals surface area contributed by atoms with Crippen LogP contribution < -0.4 is 0 Å². The second-order valence-corrected chi connectivity index (χ2v) is 5.10. The number of halogens is 3. The number of alkyl halides is 1. The van der Waals surface area contributed by atoms with Crippen molar-refractivity contribution in [3.63, 3.8) is 0 Å². The van der Waals surface area contributed by atoms with Gasteiger partial charge in [-0.1, -0.05) is 47.8 Å². The van der Waals surface area contributed by atoms with E-state index >= 15 is 0 Å². The minimum absolute atomic E-state index is 0.297. The largest absolute Gasteiger partial charge is 0.462 e. The first kappa shape index (κ1) is 13.2. The molecule has 0 unspecified atom stereocenters. The summed E-state index contributed by atoms with van der Waals surface area (Å²) in [6.45, 7) is 2.17. The second-order valence-electron chi connectivity index (χ2n) is 2.77. The van der Waals surface area contributed by atoms with Gasteiger partial charge < -0.3 is 4.74 Å². The molecule has 0 heterocycles. The number of benzene rings is 1. The average molecular weight is 401 g/mol. The lowest BCUT2D eigenvalue weighted by Crippen LogP contribution is -2.08. The first-order valence-electron chi connectivity index (χ1n) is 4.31. The van der Waals surface area contributed by atoms with E-state index in [1.807, 2.05) is 6.07 Å². The van der Waals surface area contributed by atoms with Gasteiger partial charge in [-0.3, -0.25) is 0 Å². The van der Waals surface area contributed by atoms with E-state index in [0.29, 0.717) is 17.5 Å². The molecule has 1 aromatic rings. The predicted octanol–water partition coefficient (Wildman–Crippen LogP) is 4.28. The highest BCUT2D eigenvalue weighted by Gasteiger charge is 2.15. The monoisotopic (exact) mass is 398 g/mol. The smallest absolute Gasteiger partial charge is 0.338 e. The highest BCUT2D eigenvalue weighted by molar-refractivity contribution is 9.11. The second kappa shape index (κ2) is 6.01. The molecule has 2 nitrogen and oxygen atoms in total. The topological polar surface area (TPSA) is 26.3 Å². The maximum Gasteiger partial charge on any atom is 0.338 e. The Balaban J connectivity index is 3.20. The number of rotatable bonds is 3. The molecule has 1 aromatic carbocycles. The zero-order valence-electron chi connectivity index (χ0n) is 8.02. The van der Waals surface area contributed by atoms with Crippen molar-refractivity contribution >= 4 is 53.8 Å². The summed E-state index contributed by atoms with van der Waals surface area (Å²) in [4.78, 5) is 11.6. The highest BCUT2D eigenvalue weighted by Crippen LogP contribution is 2.28. The third-order valence-electron chi connectivity index (χ3n) is 1.79. The molecule has 0 aliphatic rings. The SMILES string of the molecule is CCOC(=O)c1cc(Br)cc(Br)c1CBr. The maximum atomic E-state index is 11.6. The van der Waals surface area contributed by atoms with Crippen LogP contribution in [-0.4, -0.2) is 12.6 Å². The van der Waals surface area contributed by atoms with E-state index in [1.165, 1.54) is 0 Å². The van der Waals surface area contributed by atoms with E-state index in [4.69, 9.17) is 4.74 Å². The van der Waals surface area contributed by atoms with Crippen molar-refractivity contribution in [1.82, 2.24) is 0 Å². The molecule has 15 heavy (non-hydrogen) atoms.